The number of benzene rings is 2. The highest BCUT2D eigenvalue weighted by molar-refractivity contribution is 6.33. The summed E-state index contributed by atoms with van der Waals surface area (Å²) < 4.78 is 10.1. The Morgan fingerprint density at radius 2 is 1.86 bits per heavy atom. The van der Waals surface area contributed by atoms with Crippen LogP contribution in [-0.2, 0) is 6.54 Å². The first kappa shape index (κ1) is 19.3. The zero-order valence-corrected chi connectivity index (χ0v) is 15.7. The number of hydrogen-bond donors (Lipinski definition) is 3. The number of carbonyl (C=O) groups is 2. The summed E-state index contributed by atoms with van der Waals surface area (Å²) in [6.07, 6.45) is 1.44. The van der Waals surface area contributed by atoms with E-state index in [0.717, 1.165) is 5.56 Å². The van der Waals surface area contributed by atoms with Crippen molar-refractivity contribution in [3.8, 4) is 5.75 Å². The van der Waals surface area contributed by atoms with E-state index in [1.54, 1.807) is 61.7 Å². The van der Waals surface area contributed by atoms with Crippen molar-refractivity contribution in [1.82, 2.24) is 5.32 Å². The Bertz CT molecular complexity index is 956. The first-order valence-corrected chi connectivity index (χ1v) is 8.75. The van der Waals surface area contributed by atoms with E-state index < -0.39 is 0 Å². The number of urea groups is 1. The van der Waals surface area contributed by atoms with E-state index in [2.05, 4.69) is 16.0 Å². The lowest BCUT2D eigenvalue weighted by molar-refractivity contribution is 0.0996. The molecule has 0 saturated carbocycles. The Balaban J connectivity index is 1.50. The van der Waals surface area contributed by atoms with Crippen molar-refractivity contribution in [2.75, 3.05) is 17.7 Å². The first-order chi connectivity index (χ1) is 13.5. The van der Waals surface area contributed by atoms with Crippen molar-refractivity contribution >= 4 is 34.9 Å². The Hall–Kier alpha value is -3.45. The number of methoxy groups -OCH3 is 1. The van der Waals surface area contributed by atoms with Crippen molar-refractivity contribution in [3.05, 3.63) is 77.2 Å². The van der Waals surface area contributed by atoms with Gasteiger partial charge in [0.25, 0.3) is 5.91 Å². The van der Waals surface area contributed by atoms with E-state index in [-0.39, 0.29) is 17.7 Å². The predicted molar refractivity (Wildman–Crippen MR) is 107 cm³/mol. The van der Waals surface area contributed by atoms with E-state index in [1.165, 1.54) is 6.26 Å². The molecule has 3 aromatic rings. The molecule has 144 valence electrons. The molecule has 0 spiro atoms. The summed E-state index contributed by atoms with van der Waals surface area (Å²) in [5.74, 6) is 0.515. The van der Waals surface area contributed by atoms with Gasteiger partial charge in [-0.1, -0.05) is 23.7 Å². The van der Waals surface area contributed by atoms with Gasteiger partial charge in [-0.15, -0.1) is 0 Å². The largest absolute Gasteiger partial charge is 0.497 e. The van der Waals surface area contributed by atoms with Gasteiger partial charge in [0, 0.05) is 18.3 Å². The monoisotopic (exact) mass is 399 g/mol. The maximum Gasteiger partial charge on any atom is 0.319 e. The minimum Gasteiger partial charge on any atom is -0.497 e. The van der Waals surface area contributed by atoms with Gasteiger partial charge in [0.15, 0.2) is 5.76 Å². The molecular formula is C20H18ClN3O4. The number of furan rings is 1. The second kappa shape index (κ2) is 8.96. The topological polar surface area (TPSA) is 92.6 Å². The van der Waals surface area contributed by atoms with E-state index in [1.807, 2.05) is 0 Å². The quantitative estimate of drug-likeness (QED) is 0.568. The van der Waals surface area contributed by atoms with Gasteiger partial charge in [-0.05, 0) is 42.0 Å². The predicted octanol–water partition coefficient (Wildman–Crippen LogP) is 4.52. The third-order valence-corrected chi connectivity index (χ3v) is 4.15. The molecule has 0 saturated heterocycles. The summed E-state index contributed by atoms with van der Waals surface area (Å²) in [5.41, 5.74) is 1.97. The lowest BCUT2D eigenvalue weighted by atomic mass is 10.2. The molecule has 28 heavy (non-hydrogen) atoms. The van der Waals surface area contributed by atoms with Crippen LogP contribution in [0.5, 0.6) is 5.75 Å². The molecule has 0 unspecified atom stereocenters. The lowest BCUT2D eigenvalue weighted by Crippen LogP contribution is -2.28. The summed E-state index contributed by atoms with van der Waals surface area (Å²) in [7, 11) is 1.54. The lowest BCUT2D eigenvalue weighted by Gasteiger charge is -2.10. The number of halogens is 1. The Morgan fingerprint density at radius 1 is 1.07 bits per heavy atom. The number of nitrogens with one attached hydrogen (secondary N) is 3. The summed E-state index contributed by atoms with van der Waals surface area (Å²) >= 11 is 6.10. The van der Waals surface area contributed by atoms with Crippen LogP contribution >= 0.6 is 11.6 Å². The molecule has 0 aliphatic rings. The maximum atomic E-state index is 12.1. The summed E-state index contributed by atoms with van der Waals surface area (Å²) in [6, 6.07) is 14.9. The molecule has 1 heterocycles. The van der Waals surface area contributed by atoms with Crippen molar-refractivity contribution in [2.24, 2.45) is 0 Å². The maximum absolute atomic E-state index is 12.1. The van der Waals surface area contributed by atoms with Crippen molar-refractivity contribution < 1.29 is 18.7 Å². The van der Waals surface area contributed by atoms with Gasteiger partial charge >= 0.3 is 6.03 Å². The second-order valence-electron chi connectivity index (χ2n) is 5.78. The molecule has 8 heteroatoms. The normalized spacial score (nSPS) is 10.2. The summed E-state index contributed by atoms with van der Waals surface area (Å²) in [6.45, 7) is 0.312. The fraction of sp³-hybridized carbons (Fsp3) is 0.100. The highest BCUT2D eigenvalue weighted by atomic mass is 35.5. The number of amides is 3. The number of rotatable bonds is 6. The number of hydrogen-bond acceptors (Lipinski definition) is 4. The molecule has 0 aliphatic heterocycles. The van der Waals surface area contributed by atoms with Crippen LogP contribution < -0.4 is 20.7 Å². The van der Waals surface area contributed by atoms with E-state index in [9.17, 15) is 9.59 Å². The number of anilines is 2. The van der Waals surface area contributed by atoms with Gasteiger partial charge in [0.1, 0.15) is 5.75 Å². The minimum absolute atomic E-state index is 0.236. The van der Waals surface area contributed by atoms with E-state index >= 15 is 0 Å². The summed E-state index contributed by atoms with van der Waals surface area (Å²) in [5, 5.41) is 8.53. The fourth-order valence-electron chi connectivity index (χ4n) is 2.38. The van der Waals surface area contributed by atoms with Gasteiger partial charge in [-0.3, -0.25) is 4.79 Å². The second-order valence-corrected chi connectivity index (χ2v) is 6.19. The average Bonchev–Trinajstić information content (AvgIpc) is 3.24. The zero-order chi connectivity index (χ0) is 19.9. The minimum atomic E-state index is -0.387. The van der Waals surface area contributed by atoms with Crippen molar-refractivity contribution in [1.29, 1.82) is 0 Å². The first-order valence-electron chi connectivity index (χ1n) is 8.37. The van der Waals surface area contributed by atoms with Crippen LogP contribution in [0.25, 0.3) is 0 Å². The van der Waals surface area contributed by atoms with Crippen LogP contribution in [0.4, 0.5) is 16.2 Å². The third kappa shape index (κ3) is 5.05. The van der Waals surface area contributed by atoms with E-state index in [4.69, 9.17) is 20.8 Å². The molecule has 1 aromatic heterocycles. The average molecular weight is 400 g/mol. The van der Waals surface area contributed by atoms with Gasteiger partial charge in [-0.2, -0.15) is 0 Å². The van der Waals surface area contributed by atoms with Crippen LogP contribution in [0.1, 0.15) is 16.1 Å². The Labute approximate surface area is 166 Å². The SMILES string of the molecule is COc1ccc(NC(=O)NCc2ccc(NC(=O)c3ccco3)cc2)c(Cl)c1. The Morgan fingerprint density at radius 3 is 2.50 bits per heavy atom. The van der Waals surface area contributed by atoms with Crippen LogP contribution in [-0.4, -0.2) is 19.0 Å². The van der Waals surface area contributed by atoms with E-state index in [0.29, 0.717) is 28.7 Å². The molecule has 3 rings (SSSR count). The Kier molecular flexibility index (Phi) is 6.18. The molecule has 0 radical (unpaired) electrons. The molecule has 7 nitrogen and oxygen atoms in total. The molecule has 0 bridgehead atoms. The molecular weight excluding hydrogens is 382 g/mol. The van der Waals surface area contributed by atoms with Gasteiger partial charge in [0.2, 0.25) is 0 Å². The van der Waals surface area contributed by atoms with Crippen molar-refractivity contribution in [3.63, 3.8) is 0 Å². The summed E-state index contributed by atoms with van der Waals surface area (Å²) in [4.78, 5) is 24.0. The highest BCUT2D eigenvalue weighted by Crippen LogP contribution is 2.26. The molecule has 0 aliphatic carbocycles. The fourth-order valence-corrected chi connectivity index (χ4v) is 2.60. The zero-order valence-electron chi connectivity index (χ0n) is 15.0. The van der Waals surface area contributed by atoms with Crippen LogP contribution in [0.2, 0.25) is 5.02 Å². The van der Waals surface area contributed by atoms with Gasteiger partial charge < -0.3 is 25.1 Å². The van der Waals surface area contributed by atoms with Crippen molar-refractivity contribution in [2.45, 2.75) is 6.54 Å². The molecule has 0 atom stereocenters. The van der Waals surface area contributed by atoms with Crippen LogP contribution in [0.3, 0.4) is 0 Å². The third-order valence-electron chi connectivity index (χ3n) is 3.83. The number of carbonyl (C=O) groups excluding carboxylic acids is 2. The van der Waals surface area contributed by atoms with Gasteiger partial charge in [0.05, 0.1) is 24.1 Å². The molecule has 3 amide bonds. The smallest absolute Gasteiger partial charge is 0.319 e. The van der Waals surface area contributed by atoms with Gasteiger partial charge in [-0.25, -0.2) is 4.79 Å². The van der Waals surface area contributed by atoms with Crippen LogP contribution in [0.15, 0.2) is 65.3 Å². The molecule has 0 fully saturated rings. The highest BCUT2D eigenvalue weighted by Gasteiger charge is 2.09. The van der Waals surface area contributed by atoms with Crippen LogP contribution in [0, 0.1) is 0 Å². The molecule has 3 N–H and O–H groups in total. The standard InChI is InChI=1S/C20H18ClN3O4/c1-27-15-8-9-17(16(21)11-15)24-20(26)22-12-13-4-6-14(7-5-13)23-19(25)18-3-2-10-28-18/h2-11H,12H2,1H3,(H,23,25)(H2,22,24,26). The molecule has 2 aromatic carbocycles. The number of ether oxygens (including phenoxy) is 1.